The van der Waals surface area contributed by atoms with Gasteiger partial charge in [0.25, 0.3) is 0 Å². The number of aryl methyl sites for hydroxylation is 1. The van der Waals surface area contributed by atoms with Crippen LogP contribution >= 0.6 is 0 Å². The third-order valence-electron chi connectivity index (χ3n) is 4.69. The molecule has 0 amide bonds. The molecule has 0 spiro atoms. The number of benzene rings is 1. The summed E-state index contributed by atoms with van der Waals surface area (Å²) in [5.74, 6) is -0.626. The number of nitrogens with one attached hydrogen (secondary N) is 2. The SMILES string of the molecule is Cc1cnn(-c2ccc(S(=O)(=O)NCC3(C)CCNCC3)cc2F)c1. The molecule has 2 aromatic rings. The van der Waals surface area contributed by atoms with Gasteiger partial charge in [-0.25, -0.2) is 22.2 Å². The molecule has 1 aromatic carbocycles. The minimum Gasteiger partial charge on any atom is -0.317 e. The average Bonchev–Trinajstić information content (AvgIpc) is 3.00. The Balaban J connectivity index is 1.77. The van der Waals surface area contributed by atoms with Gasteiger partial charge in [0.05, 0.1) is 11.1 Å². The highest BCUT2D eigenvalue weighted by Crippen LogP contribution is 2.27. The minimum absolute atomic E-state index is 0.0739. The fourth-order valence-corrected chi connectivity index (χ4v) is 4.16. The van der Waals surface area contributed by atoms with Crippen molar-refractivity contribution in [1.29, 1.82) is 0 Å². The van der Waals surface area contributed by atoms with Crippen LogP contribution in [0.25, 0.3) is 5.69 Å². The van der Waals surface area contributed by atoms with E-state index in [0.29, 0.717) is 6.54 Å². The zero-order chi connectivity index (χ0) is 18.1. The molecule has 2 heterocycles. The summed E-state index contributed by atoms with van der Waals surface area (Å²) in [6.45, 7) is 6.03. The van der Waals surface area contributed by atoms with Crippen LogP contribution in [-0.4, -0.2) is 37.8 Å². The van der Waals surface area contributed by atoms with Crippen LogP contribution in [0.2, 0.25) is 0 Å². The highest BCUT2D eigenvalue weighted by molar-refractivity contribution is 7.89. The van der Waals surface area contributed by atoms with Crippen LogP contribution in [0.15, 0.2) is 35.5 Å². The van der Waals surface area contributed by atoms with Gasteiger partial charge >= 0.3 is 0 Å². The van der Waals surface area contributed by atoms with Crippen molar-refractivity contribution in [2.24, 2.45) is 5.41 Å². The first-order valence-corrected chi connectivity index (χ1v) is 9.79. The van der Waals surface area contributed by atoms with Crippen molar-refractivity contribution < 1.29 is 12.8 Å². The molecule has 1 fully saturated rings. The zero-order valence-electron chi connectivity index (χ0n) is 14.4. The Morgan fingerprint density at radius 1 is 1.36 bits per heavy atom. The second-order valence-electron chi connectivity index (χ2n) is 6.96. The average molecular weight is 366 g/mol. The lowest BCUT2D eigenvalue weighted by molar-refractivity contribution is 0.232. The summed E-state index contributed by atoms with van der Waals surface area (Å²) in [6, 6.07) is 3.88. The lowest BCUT2D eigenvalue weighted by Crippen LogP contribution is -2.42. The molecule has 0 saturated carbocycles. The summed E-state index contributed by atoms with van der Waals surface area (Å²) < 4.78 is 43.4. The van der Waals surface area contributed by atoms with Crippen LogP contribution in [0.3, 0.4) is 0 Å². The van der Waals surface area contributed by atoms with Gasteiger partial charge in [-0.15, -0.1) is 0 Å². The molecular weight excluding hydrogens is 343 g/mol. The van der Waals surface area contributed by atoms with E-state index in [4.69, 9.17) is 0 Å². The number of rotatable bonds is 5. The van der Waals surface area contributed by atoms with Gasteiger partial charge in [0.1, 0.15) is 11.5 Å². The van der Waals surface area contributed by atoms with E-state index in [1.807, 2.05) is 6.92 Å². The fourth-order valence-electron chi connectivity index (χ4n) is 2.94. The monoisotopic (exact) mass is 366 g/mol. The molecule has 25 heavy (non-hydrogen) atoms. The molecular formula is C17H23FN4O2S. The van der Waals surface area contributed by atoms with E-state index >= 15 is 0 Å². The third kappa shape index (κ3) is 4.08. The van der Waals surface area contributed by atoms with Gasteiger partial charge in [0.2, 0.25) is 10.0 Å². The first-order valence-electron chi connectivity index (χ1n) is 8.31. The summed E-state index contributed by atoms with van der Waals surface area (Å²) in [4.78, 5) is -0.0739. The summed E-state index contributed by atoms with van der Waals surface area (Å²) in [6.07, 6.45) is 5.11. The largest absolute Gasteiger partial charge is 0.317 e. The van der Waals surface area contributed by atoms with E-state index in [1.165, 1.54) is 16.8 Å². The predicted molar refractivity (Wildman–Crippen MR) is 93.7 cm³/mol. The highest BCUT2D eigenvalue weighted by atomic mass is 32.2. The van der Waals surface area contributed by atoms with Crippen molar-refractivity contribution in [1.82, 2.24) is 19.8 Å². The Morgan fingerprint density at radius 2 is 2.08 bits per heavy atom. The van der Waals surface area contributed by atoms with Crippen LogP contribution in [0.1, 0.15) is 25.3 Å². The van der Waals surface area contributed by atoms with Crippen LogP contribution in [0.5, 0.6) is 0 Å². The number of hydrogen-bond acceptors (Lipinski definition) is 4. The molecule has 8 heteroatoms. The topological polar surface area (TPSA) is 76.0 Å². The Hall–Kier alpha value is -1.77. The first-order chi connectivity index (χ1) is 11.8. The van der Waals surface area contributed by atoms with E-state index in [-0.39, 0.29) is 16.0 Å². The summed E-state index contributed by atoms with van der Waals surface area (Å²) in [5, 5.41) is 7.32. The smallest absolute Gasteiger partial charge is 0.240 e. The molecule has 1 saturated heterocycles. The normalized spacial score (nSPS) is 17.6. The predicted octanol–water partition coefficient (Wildman–Crippen LogP) is 1.99. The van der Waals surface area contributed by atoms with Gasteiger partial charge in [-0.05, 0) is 62.0 Å². The second-order valence-corrected chi connectivity index (χ2v) is 8.73. The lowest BCUT2D eigenvalue weighted by atomic mass is 9.81. The Bertz CT molecular complexity index is 857. The fraction of sp³-hybridized carbons (Fsp3) is 0.471. The van der Waals surface area contributed by atoms with Gasteiger partial charge in [-0.1, -0.05) is 6.92 Å². The lowest BCUT2D eigenvalue weighted by Gasteiger charge is -2.34. The Labute approximate surface area is 147 Å². The van der Waals surface area contributed by atoms with E-state index in [1.54, 1.807) is 12.4 Å². The van der Waals surface area contributed by atoms with E-state index in [0.717, 1.165) is 37.6 Å². The minimum atomic E-state index is -3.75. The number of sulfonamides is 1. The number of hydrogen-bond donors (Lipinski definition) is 2. The van der Waals surface area contributed by atoms with Gasteiger partial charge in [0.15, 0.2) is 0 Å². The first kappa shape index (κ1) is 18.0. The van der Waals surface area contributed by atoms with Crippen LogP contribution in [0.4, 0.5) is 4.39 Å². The molecule has 1 aliphatic rings. The second kappa shape index (κ2) is 6.86. The summed E-state index contributed by atoms with van der Waals surface area (Å²) >= 11 is 0. The maximum Gasteiger partial charge on any atom is 0.240 e. The molecule has 0 atom stereocenters. The van der Waals surface area contributed by atoms with Crippen molar-refractivity contribution in [3.05, 3.63) is 42.0 Å². The molecule has 2 N–H and O–H groups in total. The molecule has 3 rings (SSSR count). The Kier molecular flexibility index (Phi) is 4.95. The number of nitrogens with zero attached hydrogens (tertiary/aromatic N) is 2. The number of halogens is 1. The zero-order valence-corrected chi connectivity index (χ0v) is 15.2. The van der Waals surface area contributed by atoms with E-state index in [2.05, 4.69) is 22.1 Å². The maximum atomic E-state index is 14.4. The molecule has 0 aliphatic carbocycles. The van der Waals surface area contributed by atoms with E-state index < -0.39 is 15.8 Å². The quantitative estimate of drug-likeness (QED) is 0.849. The summed E-state index contributed by atoms with van der Waals surface area (Å²) in [5.41, 5.74) is 1.04. The molecule has 6 nitrogen and oxygen atoms in total. The maximum absolute atomic E-state index is 14.4. The van der Waals surface area contributed by atoms with Crippen molar-refractivity contribution in [3.8, 4) is 5.69 Å². The van der Waals surface area contributed by atoms with Crippen molar-refractivity contribution in [3.63, 3.8) is 0 Å². The van der Waals surface area contributed by atoms with Gasteiger partial charge in [-0.3, -0.25) is 0 Å². The molecule has 136 valence electrons. The van der Waals surface area contributed by atoms with Gasteiger partial charge in [0, 0.05) is 12.7 Å². The van der Waals surface area contributed by atoms with Crippen molar-refractivity contribution in [2.45, 2.75) is 31.6 Å². The highest BCUT2D eigenvalue weighted by Gasteiger charge is 2.29. The molecule has 0 radical (unpaired) electrons. The molecule has 1 aliphatic heterocycles. The van der Waals surface area contributed by atoms with Crippen molar-refractivity contribution in [2.75, 3.05) is 19.6 Å². The van der Waals surface area contributed by atoms with Crippen LogP contribution < -0.4 is 10.0 Å². The molecule has 0 bridgehead atoms. The van der Waals surface area contributed by atoms with Crippen molar-refractivity contribution >= 4 is 10.0 Å². The van der Waals surface area contributed by atoms with Gasteiger partial charge < -0.3 is 5.32 Å². The molecule has 1 aromatic heterocycles. The van der Waals surface area contributed by atoms with Crippen LogP contribution in [0, 0.1) is 18.2 Å². The van der Waals surface area contributed by atoms with Crippen LogP contribution in [-0.2, 0) is 10.0 Å². The summed E-state index contributed by atoms with van der Waals surface area (Å²) in [7, 11) is -3.75. The standard InChI is InChI=1S/C17H23FN4O2S/c1-13-10-20-22(11-13)16-4-3-14(9-15(16)18)25(23,24)21-12-17(2)5-7-19-8-6-17/h3-4,9-11,19,21H,5-8,12H2,1-2H3. The molecule has 0 unspecified atom stereocenters. The third-order valence-corrected chi connectivity index (χ3v) is 6.09. The Morgan fingerprint density at radius 3 is 2.68 bits per heavy atom. The van der Waals surface area contributed by atoms with E-state index in [9.17, 15) is 12.8 Å². The number of piperidine rings is 1. The van der Waals surface area contributed by atoms with Gasteiger partial charge in [-0.2, -0.15) is 5.10 Å². The number of aromatic nitrogens is 2.